The highest BCUT2D eigenvalue weighted by Gasteiger charge is 2.28. The van der Waals surface area contributed by atoms with Gasteiger partial charge in [0.05, 0.1) is 49.9 Å². The van der Waals surface area contributed by atoms with Gasteiger partial charge in [-0.25, -0.2) is 14.4 Å². The molecule has 66 heavy (non-hydrogen) atoms. The summed E-state index contributed by atoms with van der Waals surface area (Å²) in [5, 5.41) is 5.98. The molecule has 0 radical (unpaired) electrons. The quantitative estimate of drug-likeness (QED) is 0.0120. The zero-order chi connectivity index (χ0) is 50.3. The first-order valence-electron chi connectivity index (χ1n) is 21.6. The van der Waals surface area contributed by atoms with Crippen molar-refractivity contribution in [2.75, 3.05) is 40.1 Å². The Morgan fingerprint density at radius 1 is 0.727 bits per heavy atom. The van der Waals surface area contributed by atoms with Crippen LogP contribution >= 0.6 is 11.8 Å². The molecule has 0 aliphatic carbocycles. The number of ether oxygens (including phenoxy) is 6. The third kappa shape index (κ3) is 25.4. The highest BCUT2D eigenvalue weighted by molar-refractivity contribution is 7.99. The Morgan fingerprint density at radius 3 is 1.79 bits per heavy atom. The van der Waals surface area contributed by atoms with Crippen LogP contribution in [0.2, 0.25) is 0 Å². The Balaban J connectivity index is 0.00000122. The summed E-state index contributed by atoms with van der Waals surface area (Å²) >= 11 is 1.49. The van der Waals surface area contributed by atoms with Crippen LogP contribution < -0.4 is 10.1 Å². The van der Waals surface area contributed by atoms with E-state index in [2.05, 4.69) is 26.5 Å². The molecule has 0 aliphatic heterocycles. The number of benzene rings is 2. The van der Waals surface area contributed by atoms with Gasteiger partial charge >= 0.3 is 41.9 Å². The number of ketones is 1. The topological polar surface area (TPSA) is 226 Å². The monoisotopic (exact) mass is 944 g/mol. The number of amides is 1. The van der Waals surface area contributed by atoms with Crippen LogP contribution in [0.15, 0.2) is 76.1 Å². The van der Waals surface area contributed by atoms with E-state index in [-0.39, 0.29) is 74.5 Å². The number of hydrogen-bond donors (Lipinski definition) is 1. The van der Waals surface area contributed by atoms with E-state index in [4.69, 9.17) is 23.8 Å². The average molecular weight is 945 g/mol. The number of hydrogen-bond acceptors (Lipinski definition) is 17. The van der Waals surface area contributed by atoms with E-state index in [9.17, 15) is 38.4 Å². The lowest BCUT2D eigenvalue weighted by Gasteiger charge is -2.20. The summed E-state index contributed by atoms with van der Waals surface area (Å²) in [5.74, 6) is -2.31. The highest BCUT2D eigenvalue weighted by Crippen LogP contribution is 2.30. The SMILES string of the molecule is C=CC(=O)OCCNC(=O)OCCOC(=O)C(C)(C)CC.CCC(C)C(=O)OC.CCCOC(=O)CCC(=O)O/N=C(\C)C(=O)c1ccc(Sc2ccc(OC(=O)C(C)(C)CC)cc2)cc1. The number of carbonyl (C=O) groups is 8. The van der Waals surface area contributed by atoms with E-state index < -0.39 is 34.8 Å². The minimum atomic E-state index is -0.720. The van der Waals surface area contributed by atoms with Crippen molar-refractivity contribution in [3.05, 3.63) is 66.7 Å². The lowest BCUT2D eigenvalue weighted by atomic mass is 9.91. The van der Waals surface area contributed by atoms with Crippen LogP contribution in [0.5, 0.6) is 5.75 Å². The van der Waals surface area contributed by atoms with Gasteiger partial charge in [-0.1, -0.05) is 58.1 Å². The second-order valence-corrected chi connectivity index (χ2v) is 16.7. The molecule has 0 fully saturated rings. The molecule has 2 aromatic rings. The lowest BCUT2D eigenvalue weighted by Crippen LogP contribution is -2.31. The number of alkyl carbamates (subject to hydrolysis) is 1. The largest absolute Gasteiger partial charge is 0.469 e. The summed E-state index contributed by atoms with van der Waals surface area (Å²) < 4.78 is 29.2. The van der Waals surface area contributed by atoms with Crippen molar-refractivity contribution in [3.8, 4) is 5.75 Å². The minimum absolute atomic E-state index is 0.00112. The van der Waals surface area contributed by atoms with Crippen LogP contribution in [0.1, 0.15) is 118 Å². The Bertz CT molecular complexity index is 1910. The Hall–Kier alpha value is -6.04. The fourth-order valence-corrected chi connectivity index (χ4v) is 4.89. The van der Waals surface area contributed by atoms with E-state index in [0.717, 1.165) is 22.3 Å². The average Bonchev–Trinajstić information content (AvgIpc) is 3.32. The number of nitrogens with one attached hydrogen (secondary N) is 1. The zero-order valence-corrected chi connectivity index (χ0v) is 41.1. The van der Waals surface area contributed by atoms with Crippen molar-refractivity contribution in [2.24, 2.45) is 21.9 Å². The maximum atomic E-state index is 12.6. The molecule has 2 aromatic carbocycles. The maximum absolute atomic E-state index is 12.6. The smallest absolute Gasteiger partial charge is 0.407 e. The zero-order valence-electron chi connectivity index (χ0n) is 40.2. The molecule has 0 aliphatic rings. The number of rotatable bonds is 24. The molecule has 17 nitrogen and oxygen atoms in total. The third-order valence-electron chi connectivity index (χ3n) is 9.42. The predicted molar refractivity (Wildman–Crippen MR) is 248 cm³/mol. The molecule has 1 atom stereocenters. The van der Waals surface area contributed by atoms with Crippen molar-refractivity contribution >= 4 is 65.2 Å². The van der Waals surface area contributed by atoms with E-state index in [1.807, 2.05) is 60.6 Å². The summed E-state index contributed by atoms with van der Waals surface area (Å²) in [5.41, 5.74) is -0.678. The van der Waals surface area contributed by atoms with Crippen molar-refractivity contribution in [1.82, 2.24) is 5.32 Å². The molecule has 1 N–H and O–H groups in total. The standard InChI is InChI=1S/C28H33NO7S.C14H23NO6.C6H12O2/c1-6-18-34-24(30)16-17-25(31)36-29-19(3)26(32)20-8-12-22(13-9-20)37-23-14-10-21(11-15-23)35-27(33)28(4,5)7-2;1-5-11(16)19-8-7-15-13(18)21-10-9-20-12(17)14(3,4)6-2;1-4-5(2)6(7)8-3/h8-15H,6-7,16-18H2,1-5H3;5H,1,6-10H2,2-4H3,(H,15,18);5H,4H2,1-3H3/b29-19+;;. The Labute approximate surface area is 393 Å². The van der Waals surface area contributed by atoms with Crippen molar-refractivity contribution < 1.29 is 71.6 Å². The molecule has 18 heteroatoms. The molecular weight excluding hydrogens is 877 g/mol. The van der Waals surface area contributed by atoms with Crippen LogP contribution in [-0.2, 0) is 57.3 Å². The van der Waals surface area contributed by atoms with E-state index in [0.29, 0.717) is 37.2 Å². The maximum Gasteiger partial charge on any atom is 0.407 e. The molecule has 366 valence electrons. The number of carbonyl (C=O) groups excluding carboxylic acids is 8. The predicted octanol–water partition coefficient (Wildman–Crippen LogP) is 8.64. The van der Waals surface area contributed by atoms with Crippen LogP contribution in [0.25, 0.3) is 0 Å². The molecule has 0 heterocycles. The van der Waals surface area contributed by atoms with Crippen LogP contribution in [0, 0.1) is 16.7 Å². The first kappa shape index (κ1) is 60.0. The molecule has 0 spiro atoms. The number of esters is 5. The van der Waals surface area contributed by atoms with Gasteiger partial charge in [-0.2, -0.15) is 0 Å². The van der Waals surface area contributed by atoms with Crippen LogP contribution in [-0.4, -0.2) is 93.5 Å². The second-order valence-electron chi connectivity index (χ2n) is 15.6. The summed E-state index contributed by atoms with van der Waals surface area (Å²) in [6, 6.07) is 14.2. The van der Waals surface area contributed by atoms with Gasteiger partial charge in [0, 0.05) is 21.4 Å². The van der Waals surface area contributed by atoms with Gasteiger partial charge < -0.3 is 38.6 Å². The molecule has 2 rings (SSSR count). The third-order valence-corrected chi connectivity index (χ3v) is 10.4. The van der Waals surface area contributed by atoms with Gasteiger partial charge in [-0.05, 0) is 109 Å². The van der Waals surface area contributed by atoms with Gasteiger partial charge in [-0.15, -0.1) is 0 Å². The second kappa shape index (κ2) is 32.6. The molecular formula is C48H68N2O15S. The van der Waals surface area contributed by atoms with Crippen molar-refractivity contribution in [1.29, 1.82) is 0 Å². The van der Waals surface area contributed by atoms with Crippen molar-refractivity contribution in [2.45, 2.75) is 118 Å². The fraction of sp³-hybridized carbons (Fsp3) is 0.521. The summed E-state index contributed by atoms with van der Waals surface area (Å²) in [4.78, 5) is 98.7. The Kier molecular flexibility index (Phi) is 29.6. The summed E-state index contributed by atoms with van der Waals surface area (Å²) in [6.45, 7) is 21.9. The minimum Gasteiger partial charge on any atom is -0.469 e. The summed E-state index contributed by atoms with van der Waals surface area (Å²) in [6.07, 6.45) is 2.98. The molecule has 1 unspecified atom stereocenters. The molecule has 0 bridgehead atoms. The number of Topliss-reactive ketones (excluding diaryl/α,β-unsaturated/α-hetero) is 1. The lowest BCUT2D eigenvalue weighted by molar-refractivity contribution is -0.155. The van der Waals surface area contributed by atoms with E-state index in [1.165, 1.54) is 25.8 Å². The normalized spacial score (nSPS) is 11.3. The van der Waals surface area contributed by atoms with Gasteiger partial charge in [0.25, 0.3) is 0 Å². The van der Waals surface area contributed by atoms with Gasteiger partial charge in [0.2, 0.25) is 5.78 Å². The van der Waals surface area contributed by atoms with Gasteiger partial charge in [0.1, 0.15) is 31.3 Å². The van der Waals surface area contributed by atoms with Crippen molar-refractivity contribution in [3.63, 3.8) is 0 Å². The summed E-state index contributed by atoms with van der Waals surface area (Å²) in [7, 11) is 1.41. The first-order valence-corrected chi connectivity index (χ1v) is 22.4. The molecule has 0 aromatic heterocycles. The van der Waals surface area contributed by atoms with E-state index in [1.54, 1.807) is 50.2 Å². The first-order chi connectivity index (χ1) is 31.1. The molecule has 0 saturated heterocycles. The number of oxime groups is 1. The molecule has 1 amide bonds. The number of methoxy groups -OCH3 is 1. The van der Waals surface area contributed by atoms with Crippen LogP contribution in [0.4, 0.5) is 4.79 Å². The highest BCUT2D eigenvalue weighted by atomic mass is 32.2. The molecule has 0 saturated carbocycles. The fourth-order valence-electron chi connectivity index (χ4n) is 4.07. The van der Waals surface area contributed by atoms with E-state index >= 15 is 0 Å². The van der Waals surface area contributed by atoms with Gasteiger partial charge in [0.15, 0.2) is 0 Å². The Morgan fingerprint density at radius 2 is 1.27 bits per heavy atom. The van der Waals surface area contributed by atoms with Gasteiger partial charge in [-0.3, -0.25) is 24.0 Å². The van der Waals surface area contributed by atoms with Crippen LogP contribution in [0.3, 0.4) is 0 Å². The number of nitrogens with zero attached hydrogens (tertiary/aromatic N) is 1.